The molecule has 7 nitrogen and oxygen atoms in total. The molecule has 4 aromatic rings. The van der Waals surface area contributed by atoms with Crippen LogP contribution in [0.15, 0.2) is 54.7 Å². The molecule has 0 aliphatic carbocycles. The predicted molar refractivity (Wildman–Crippen MR) is 114 cm³/mol. The van der Waals surface area contributed by atoms with Crippen LogP contribution in [0.2, 0.25) is 5.02 Å². The Morgan fingerprint density at radius 3 is 2.77 bits per heavy atom. The maximum absolute atomic E-state index is 12.8. The highest BCUT2D eigenvalue weighted by Crippen LogP contribution is 2.29. The van der Waals surface area contributed by atoms with Crippen LogP contribution in [-0.2, 0) is 0 Å². The molecule has 2 heterocycles. The van der Waals surface area contributed by atoms with Crippen molar-refractivity contribution < 1.29 is 9.53 Å². The van der Waals surface area contributed by atoms with Crippen molar-refractivity contribution >= 4 is 34.2 Å². The number of aryl methyl sites for hydroxylation is 1. The number of aromatic nitrogens is 3. The van der Waals surface area contributed by atoms with Crippen molar-refractivity contribution in [2.24, 2.45) is 0 Å². The molecule has 0 saturated heterocycles. The fraction of sp³-hybridized carbons (Fsp3) is 0.0909. The van der Waals surface area contributed by atoms with Gasteiger partial charge in [0.15, 0.2) is 11.6 Å². The highest BCUT2D eigenvalue weighted by atomic mass is 35.5. The first-order valence-electron chi connectivity index (χ1n) is 9.02. The van der Waals surface area contributed by atoms with Crippen molar-refractivity contribution in [2.45, 2.75) is 6.92 Å². The Bertz CT molecular complexity index is 1320. The van der Waals surface area contributed by atoms with E-state index in [-0.39, 0.29) is 11.4 Å². The Kier molecular flexibility index (Phi) is 5.09. The number of ether oxygens (including phenoxy) is 1. The zero-order chi connectivity index (χ0) is 21.3. The maximum atomic E-state index is 12.8. The van der Waals surface area contributed by atoms with E-state index in [0.717, 1.165) is 10.9 Å². The smallest absolute Gasteiger partial charge is 0.258 e. The summed E-state index contributed by atoms with van der Waals surface area (Å²) in [4.78, 5) is 17.4. The molecule has 1 amide bonds. The molecule has 30 heavy (non-hydrogen) atoms. The van der Waals surface area contributed by atoms with Gasteiger partial charge in [0.1, 0.15) is 22.9 Å². The molecule has 4 rings (SSSR count). The van der Waals surface area contributed by atoms with Crippen LogP contribution < -0.4 is 10.1 Å². The molecule has 8 heteroatoms. The molecular weight excluding hydrogens is 402 g/mol. The van der Waals surface area contributed by atoms with Crippen molar-refractivity contribution in [1.29, 1.82) is 5.26 Å². The lowest BCUT2D eigenvalue weighted by Crippen LogP contribution is -2.17. The first kappa shape index (κ1) is 19.4. The lowest BCUT2D eigenvalue weighted by molar-refractivity contribution is 0.102. The molecule has 0 radical (unpaired) electrons. The van der Waals surface area contributed by atoms with E-state index in [9.17, 15) is 10.1 Å². The molecule has 0 aliphatic rings. The number of nitrogens with one attached hydrogen (secondary N) is 1. The monoisotopic (exact) mass is 417 g/mol. The Balaban J connectivity index is 1.84. The Hall–Kier alpha value is -3.89. The molecule has 0 atom stereocenters. The van der Waals surface area contributed by atoms with E-state index in [1.807, 2.05) is 37.3 Å². The summed E-state index contributed by atoms with van der Waals surface area (Å²) in [6, 6.07) is 16.2. The van der Waals surface area contributed by atoms with Gasteiger partial charge in [0, 0.05) is 5.39 Å². The Morgan fingerprint density at radius 1 is 1.23 bits per heavy atom. The van der Waals surface area contributed by atoms with Gasteiger partial charge in [-0.1, -0.05) is 35.9 Å². The second kappa shape index (κ2) is 7.85. The minimum absolute atomic E-state index is 0.204. The standard InChI is InChI=1S/C22H16ClN5O2/c1-13-10-19(26-20-15(13)7-5-9-18(20)30-2)28-21(14(11-24)12-25-28)27-22(29)16-6-3-4-8-17(16)23/h3-10,12H,1-2H3,(H,27,29). The van der Waals surface area contributed by atoms with Gasteiger partial charge >= 0.3 is 0 Å². The number of para-hydroxylation sites is 1. The number of nitriles is 1. The van der Waals surface area contributed by atoms with Crippen molar-refractivity contribution in [3.63, 3.8) is 0 Å². The van der Waals surface area contributed by atoms with E-state index in [1.165, 1.54) is 10.9 Å². The number of halogens is 1. The number of pyridine rings is 1. The number of fused-ring (bicyclic) bond motifs is 1. The number of benzene rings is 2. The lowest BCUT2D eigenvalue weighted by Gasteiger charge is -2.13. The SMILES string of the molecule is COc1cccc2c(C)cc(-n3ncc(C#N)c3NC(=O)c3ccccc3Cl)nc12. The van der Waals surface area contributed by atoms with E-state index in [1.54, 1.807) is 31.4 Å². The van der Waals surface area contributed by atoms with Crippen LogP contribution in [0.4, 0.5) is 5.82 Å². The van der Waals surface area contributed by atoms with Crippen molar-refractivity contribution in [1.82, 2.24) is 14.8 Å². The summed E-state index contributed by atoms with van der Waals surface area (Å²) in [5.74, 6) is 0.824. The van der Waals surface area contributed by atoms with E-state index >= 15 is 0 Å². The number of nitrogens with zero attached hydrogens (tertiary/aromatic N) is 4. The van der Waals surface area contributed by atoms with Crippen LogP contribution in [0.25, 0.3) is 16.7 Å². The minimum Gasteiger partial charge on any atom is -0.494 e. The Labute approximate surface area is 177 Å². The number of hydrogen-bond acceptors (Lipinski definition) is 5. The number of rotatable bonds is 4. The third-order valence-corrected chi connectivity index (χ3v) is 5.00. The minimum atomic E-state index is -0.450. The topological polar surface area (TPSA) is 92.8 Å². The van der Waals surface area contributed by atoms with Crippen LogP contribution in [0.5, 0.6) is 5.75 Å². The van der Waals surface area contributed by atoms with Gasteiger partial charge in [-0.05, 0) is 36.8 Å². The van der Waals surface area contributed by atoms with Crippen LogP contribution in [0, 0.1) is 18.3 Å². The summed E-state index contributed by atoms with van der Waals surface area (Å²) in [5, 5.41) is 17.8. The van der Waals surface area contributed by atoms with Crippen molar-refractivity contribution in [3.8, 4) is 17.6 Å². The highest BCUT2D eigenvalue weighted by molar-refractivity contribution is 6.34. The summed E-state index contributed by atoms with van der Waals surface area (Å²) in [5.41, 5.74) is 2.11. The highest BCUT2D eigenvalue weighted by Gasteiger charge is 2.19. The zero-order valence-electron chi connectivity index (χ0n) is 16.2. The molecule has 2 aromatic heterocycles. The van der Waals surface area contributed by atoms with Crippen molar-refractivity contribution in [2.75, 3.05) is 12.4 Å². The predicted octanol–water partition coefficient (Wildman–Crippen LogP) is 4.51. The average molecular weight is 418 g/mol. The van der Waals surface area contributed by atoms with E-state index < -0.39 is 5.91 Å². The van der Waals surface area contributed by atoms with Gasteiger partial charge in [0.25, 0.3) is 5.91 Å². The van der Waals surface area contributed by atoms with E-state index in [4.69, 9.17) is 16.3 Å². The summed E-state index contributed by atoms with van der Waals surface area (Å²) in [6.45, 7) is 1.95. The van der Waals surface area contributed by atoms with Crippen LogP contribution in [0.3, 0.4) is 0 Å². The summed E-state index contributed by atoms with van der Waals surface area (Å²) < 4.78 is 6.86. The molecule has 0 unspecified atom stereocenters. The third kappa shape index (κ3) is 3.34. The summed E-state index contributed by atoms with van der Waals surface area (Å²) in [6.07, 6.45) is 1.38. The van der Waals surface area contributed by atoms with Gasteiger partial charge < -0.3 is 10.1 Å². The second-order valence-electron chi connectivity index (χ2n) is 6.52. The van der Waals surface area contributed by atoms with Crippen LogP contribution in [-0.4, -0.2) is 27.8 Å². The lowest BCUT2D eigenvalue weighted by atomic mass is 10.1. The molecule has 0 bridgehead atoms. The molecule has 148 valence electrons. The number of carbonyl (C=O) groups excluding carboxylic acids is 1. The van der Waals surface area contributed by atoms with Gasteiger partial charge in [-0.25, -0.2) is 4.98 Å². The first-order valence-corrected chi connectivity index (χ1v) is 9.40. The number of hydrogen-bond donors (Lipinski definition) is 1. The number of carbonyl (C=O) groups is 1. The quantitative estimate of drug-likeness (QED) is 0.527. The summed E-state index contributed by atoms with van der Waals surface area (Å²) >= 11 is 6.13. The molecule has 0 fully saturated rings. The van der Waals surface area contributed by atoms with Gasteiger partial charge in [0.2, 0.25) is 0 Å². The van der Waals surface area contributed by atoms with Gasteiger partial charge in [-0.3, -0.25) is 4.79 Å². The average Bonchev–Trinajstić information content (AvgIpc) is 3.16. The van der Waals surface area contributed by atoms with Gasteiger partial charge in [-0.2, -0.15) is 15.0 Å². The first-order chi connectivity index (χ1) is 14.5. The largest absolute Gasteiger partial charge is 0.494 e. The van der Waals surface area contributed by atoms with Gasteiger partial charge in [0.05, 0.1) is 23.9 Å². The van der Waals surface area contributed by atoms with E-state index in [2.05, 4.69) is 15.4 Å². The number of methoxy groups -OCH3 is 1. The number of amides is 1. The van der Waals surface area contributed by atoms with Gasteiger partial charge in [-0.15, -0.1) is 0 Å². The summed E-state index contributed by atoms with van der Waals surface area (Å²) in [7, 11) is 1.58. The van der Waals surface area contributed by atoms with Crippen LogP contribution in [0.1, 0.15) is 21.5 Å². The van der Waals surface area contributed by atoms with E-state index in [0.29, 0.717) is 27.7 Å². The fourth-order valence-electron chi connectivity index (χ4n) is 3.19. The third-order valence-electron chi connectivity index (χ3n) is 4.67. The molecule has 0 aliphatic heterocycles. The Morgan fingerprint density at radius 2 is 2.03 bits per heavy atom. The number of anilines is 1. The second-order valence-corrected chi connectivity index (χ2v) is 6.93. The molecular formula is C22H16ClN5O2. The normalized spacial score (nSPS) is 10.6. The molecule has 1 N–H and O–H groups in total. The fourth-order valence-corrected chi connectivity index (χ4v) is 3.41. The van der Waals surface area contributed by atoms with Crippen LogP contribution >= 0.6 is 11.6 Å². The molecule has 0 saturated carbocycles. The van der Waals surface area contributed by atoms with Crippen molar-refractivity contribution in [3.05, 3.63) is 76.4 Å². The zero-order valence-corrected chi connectivity index (χ0v) is 16.9. The maximum Gasteiger partial charge on any atom is 0.258 e. The molecule has 0 spiro atoms. The molecule has 2 aromatic carbocycles.